The lowest BCUT2D eigenvalue weighted by molar-refractivity contribution is -0.119. The predicted octanol–water partition coefficient (Wildman–Crippen LogP) is 8.68. The molecule has 1 aliphatic heterocycles. The van der Waals surface area contributed by atoms with Crippen molar-refractivity contribution in [1.29, 1.82) is 0 Å². The van der Waals surface area contributed by atoms with E-state index in [1.54, 1.807) is 13.8 Å². The first-order valence-electron chi connectivity index (χ1n) is 15.5. The summed E-state index contributed by atoms with van der Waals surface area (Å²) in [6, 6.07) is 0. The van der Waals surface area contributed by atoms with Crippen molar-refractivity contribution in [3.63, 3.8) is 0 Å². The minimum Gasteiger partial charge on any atom is -0.373 e. The van der Waals surface area contributed by atoms with Crippen LogP contribution in [0.25, 0.3) is 0 Å². The minimum atomic E-state index is -4.34. The highest BCUT2D eigenvalue weighted by Gasteiger charge is 2.38. The van der Waals surface area contributed by atoms with Crippen molar-refractivity contribution in [1.82, 2.24) is 0 Å². The van der Waals surface area contributed by atoms with Crippen LogP contribution in [-0.4, -0.2) is 53.7 Å². The van der Waals surface area contributed by atoms with Crippen LogP contribution in [0.1, 0.15) is 144 Å². The second-order valence-corrected chi connectivity index (χ2v) is 13.9. The van der Waals surface area contributed by atoms with Gasteiger partial charge in [0.1, 0.15) is 18.0 Å². The number of hydrogen-bond acceptors (Lipinski definition) is 8. The minimum absolute atomic E-state index is 0. The van der Waals surface area contributed by atoms with Crippen LogP contribution in [0.2, 0.25) is 0 Å². The quantitative estimate of drug-likeness (QED) is 0.0669. The maximum absolute atomic E-state index is 12.2. The van der Waals surface area contributed by atoms with Crippen molar-refractivity contribution >= 4 is 21.4 Å². The van der Waals surface area contributed by atoms with E-state index in [9.17, 15) is 23.7 Å². The van der Waals surface area contributed by atoms with Gasteiger partial charge in [0.25, 0.3) is 0 Å². The molecule has 0 bridgehead atoms. The smallest absolute Gasteiger partial charge is 0.373 e. The Bertz CT molecular complexity index is 749. The Balaban J connectivity index is 0.0000160. The standard InChI is InChI=1S/C28H56O10P2.CH4/c1-4-5-6-7-8-9-10-11-12-13-14-15-16-19-26(29)20-17-18-22-35-39(30,31)36-24-28-27(21-23-34-28)38-40(32,33)37-25(2)3;/h25,27-28H,4-24H2,1-3H3,(H,30,31)(H,32,33);1H4. The van der Waals surface area contributed by atoms with Crippen molar-refractivity contribution in [2.45, 2.75) is 162 Å². The molecule has 0 aliphatic carbocycles. The molecule has 0 aromatic carbocycles. The number of carbonyl (C=O) groups is 1. The van der Waals surface area contributed by atoms with Crippen LogP contribution in [0.15, 0.2) is 0 Å². The van der Waals surface area contributed by atoms with Crippen molar-refractivity contribution in [2.75, 3.05) is 19.8 Å². The van der Waals surface area contributed by atoms with Gasteiger partial charge in [-0.05, 0) is 33.1 Å². The topological polar surface area (TPSA) is 138 Å². The Labute approximate surface area is 249 Å². The summed E-state index contributed by atoms with van der Waals surface area (Å²) >= 11 is 0. The van der Waals surface area contributed by atoms with E-state index in [1.807, 2.05) is 0 Å². The van der Waals surface area contributed by atoms with Gasteiger partial charge >= 0.3 is 15.6 Å². The number of ketones is 1. The molecule has 1 heterocycles. The lowest BCUT2D eigenvalue weighted by Gasteiger charge is -2.23. The van der Waals surface area contributed by atoms with Gasteiger partial charge in [-0.3, -0.25) is 22.9 Å². The summed E-state index contributed by atoms with van der Waals surface area (Å²) in [5.41, 5.74) is 0. The second kappa shape index (κ2) is 24.2. The molecule has 4 atom stereocenters. The molecule has 1 rings (SSSR count). The van der Waals surface area contributed by atoms with Gasteiger partial charge in [-0.15, -0.1) is 0 Å². The van der Waals surface area contributed by atoms with Crippen molar-refractivity contribution < 1.29 is 46.5 Å². The summed E-state index contributed by atoms with van der Waals surface area (Å²) in [6.45, 7) is 5.36. The van der Waals surface area contributed by atoms with E-state index >= 15 is 0 Å². The molecule has 0 aromatic heterocycles. The second-order valence-electron chi connectivity index (χ2n) is 11.1. The molecule has 1 saturated heterocycles. The number of carbonyl (C=O) groups excluding carboxylic acids is 1. The Morgan fingerprint density at radius 2 is 1.32 bits per heavy atom. The maximum atomic E-state index is 12.2. The molecule has 2 N–H and O–H groups in total. The fraction of sp³-hybridized carbons (Fsp3) is 0.966. The number of phosphoric acid groups is 2. The predicted molar refractivity (Wildman–Crippen MR) is 163 cm³/mol. The third-order valence-corrected chi connectivity index (χ3v) is 9.04. The zero-order valence-electron chi connectivity index (χ0n) is 25.1. The number of Topliss-reactive ketones (excluding diaryl/α,β-unsaturated/α-hetero) is 1. The average Bonchev–Trinajstić information content (AvgIpc) is 3.30. The molecule has 0 saturated carbocycles. The maximum Gasteiger partial charge on any atom is 0.472 e. The Kier molecular flexibility index (Phi) is 24.1. The van der Waals surface area contributed by atoms with Crippen molar-refractivity contribution in [3.8, 4) is 0 Å². The molecule has 10 nitrogen and oxygen atoms in total. The van der Waals surface area contributed by atoms with Gasteiger partial charge in [-0.25, -0.2) is 9.13 Å². The monoisotopic (exact) mass is 630 g/mol. The zero-order valence-corrected chi connectivity index (χ0v) is 26.9. The summed E-state index contributed by atoms with van der Waals surface area (Å²) in [5, 5.41) is 0. The van der Waals surface area contributed by atoms with E-state index < -0.39 is 34.0 Å². The van der Waals surface area contributed by atoms with Gasteiger partial charge in [0.05, 0.1) is 19.3 Å². The average molecular weight is 631 g/mol. The molecular weight excluding hydrogens is 570 g/mol. The highest BCUT2D eigenvalue weighted by molar-refractivity contribution is 7.47. The summed E-state index contributed by atoms with van der Waals surface area (Å²) in [5.74, 6) is 0.221. The van der Waals surface area contributed by atoms with Crippen molar-refractivity contribution in [2.24, 2.45) is 0 Å². The van der Waals surface area contributed by atoms with Gasteiger partial charge in [0.2, 0.25) is 0 Å². The molecule has 1 fully saturated rings. The third kappa shape index (κ3) is 23.0. The first-order valence-corrected chi connectivity index (χ1v) is 18.5. The van der Waals surface area contributed by atoms with Crippen LogP contribution >= 0.6 is 15.6 Å². The van der Waals surface area contributed by atoms with Crippen molar-refractivity contribution in [3.05, 3.63) is 0 Å². The first kappa shape index (κ1) is 40.9. The summed E-state index contributed by atoms with van der Waals surface area (Å²) in [4.78, 5) is 31.8. The van der Waals surface area contributed by atoms with Gasteiger partial charge in [0.15, 0.2) is 0 Å². The van der Waals surface area contributed by atoms with Gasteiger partial charge in [-0.2, -0.15) is 0 Å². The number of unbranched alkanes of at least 4 members (excludes halogenated alkanes) is 13. The molecular formula is C29H60O10P2. The number of hydrogen-bond donors (Lipinski definition) is 2. The highest BCUT2D eigenvalue weighted by Crippen LogP contribution is 2.49. The third-order valence-electron chi connectivity index (χ3n) is 6.83. The zero-order chi connectivity index (χ0) is 29.7. The van der Waals surface area contributed by atoms with Gasteiger partial charge in [0, 0.05) is 25.9 Å². The number of phosphoric ester groups is 2. The number of rotatable bonds is 27. The van der Waals surface area contributed by atoms with Crippen LogP contribution in [0.5, 0.6) is 0 Å². The van der Waals surface area contributed by atoms with E-state index in [0.29, 0.717) is 32.1 Å². The SMILES string of the molecule is C.CCCCCCCCCCCCCCCC(=O)CCCCOP(=O)(O)OCC1OCCC1OP(=O)(O)OC(C)C. The summed E-state index contributed by atoms with van der Waals surface area (Å²) in [6.07, 6.45) is 16.9. The molecule has 4 unspecified atom stereocenters. The van der Waals surface area contributed by atoms with Gasteiger partial charge < -0.3 is 14.5 Å². The molecule has 246 valence electrons. The molecule has 0 aromatic rings. The lowest BCUT2D eigenvalue weighted by atomic mass is 10.0. The molecule has 0 radical (unpaired) electrons. The van der Waals surface area contributed by atoms with Crippen LogP contribution < -0.4 is 0 Å². The Hall–Kier alpha value is -0.150. The van der Waals surface area contributed by atoms with E-state index in [1.165, 1.54) is 70.6 Å². The fourth-order valence-electron chi connectivity index (χ4n) is 4.64. The Morgan fingerprint density at radius 3 is 1.85 bits per heavy atom. The first-order chi connectivity index (χ1) is 19.0. The Morgan fingerprint density at radius 1 is 0.805 bits per heavy atom. The molecule has 41 heavy (non-hydrogen) atoms. The van der Waals surface area contributed by atoms with E-state index in [-0.39, 0.29) is 33.0 Å². The van der Waals surface area contributed by atoms with Crippen LogP contribution in [0, 0.1) is 0 Å². The van der Waals surface area contributed by atoms with E-state index in [0.717, 1.165) is 12.8 Å². The summed E-state index contributed by atoms with van der Waals surface area (Å²) in [7, 11) is -8.62. The normalized spacial score (nSPS) is 20.0. The van der Waals surface area contributed by atoms with E-state index in [4.69, 9.17) is 22.8 Å². The van der Waals surface area contributed by atoms with Crippen LogP contribution in [0.3, 0.4) is 0 Å². The molecule has 1 aliphatic rings. The van der Waals surface area contributed by atoms with Crippen LogP contribution in [0.4, 0.5) is 0 Å². The molecule has 12 heteroatoms. The molecule has 0 spiro atoms. The lowest BCUT2D eigenvalue weighted by Crippen LogP contribution is -2.28. The largest absolute Gasteiger partial charge is 0.472 e. The molecule has 0 amide bonds. The van der Waals surface area contributed by atoms with E-state index in [2.05, 4.69) is 6.92 Å². The number of ether oxygens (including phenoxy) is 1. The van der Waals surface area contributed by atoms with Crippen LogP contribution in [-0.2, 0) is 36.8 Å². The fourth-order valence-corrected chi connectivity index (χ4v) is 6.58. The van der Waals surface area contributed by atoms with Gasteiger partial charge in [-0.1, -0.05) is 91.4 Å². The summed E-state index contributed by atoms with van der Waals surface area (Å²) < 4.78 is 49.6. The highest BCUT2D eigenvalue weighted by atomic mass is 31.2.